The van der Waals surface area contributed by atoms with Crippen molar-refractivity contribution in [3.63, 3.8) is 0 Å². The Hall–Kier alpha value is -1.17. The molecule has 0 amide bonds. The highest BCUT2D eigenvalue weighted by molar-refractivity contribution is 9.10. The Kier molecular flexibility index (Phi) is 4.67. The summed E-state index contributed by atoms with van der Waals surface area (Å²) in [5, 5.41) is 10.6. The molecule has 1 aromatic carbocycles. The van der Waals surface area contributed by atoms with Gasteiger partial charge in [-0.2, -0.15) is 0 Å². The Morgan fingerprint density at radius 2 is 2.25 bits per heavy atom. The lowest BCUT2D eigenvalue weighted by atomic mass is 10.3. The molecule has 16 heavy (non-hydrogen) atoms. The topological polar surface area (TPSA) is 52.4 Å². The van der Waals surface area contributed by atoms with Crippen LogP contribution < -0.4 is 4.74 Å². The Morgan fingerprint density at radius 3 is 2.81 bits per heavy atom. The molecular weight excluding hydrogens is 281 g/mol. The molecular formula is C10H11BrFNO3. The first-order valence-electron chi connectivity index (χ1n) is 4.82. The number of nitrogens with zero attached hydrogens (tertiary/aromatic N) is 1. The van der Waals surface area contributed by atoms with Gasteiger partial charge in [0.15, 0.2) is 11.6 Å². The summed E-state index contributed by atoms with van der Waals surface area (Å²) < 4.78 is 18.6. The number of unbranched alkanes of at least 4 members (excludes halogenated alkanes) is 1. The second-order valence-electron chi connectivity index (χ2n) is 3.19. The van der Waals surface area contributed by atoms with Crippen LogP contribution in [0.25, 0.3) is 0 Å². The number of nitro benzene ring substituents is 1. The number of rotatable bonds is 5. The molecule has 0 atom stereocenters. The maximum Gasteiger partial charge on any atom is 0.287 e. The molecule has 0 saturated heterocycles. The molecule has 6 heteroatoms. The highest BCUT2D eigenvalue weighted by Gasteiger charge is 2.17. The van der Waals surface area contributed by atoms with E-state index < -0.39 is 10.7 Å². The minimum atomic E-state index is -0.603. The van der Waals surface area contributed by atoms with Crippen LogP contribution in [0.3, 0.4) is 0 Å². The van der Waals surface area contributed by atoms with Crippen LogP contribution >= 0.6 is 15.9 Å². The third-order valence-corrected chi connectivity index (χ3v) is 2.59. The van der Waals surface area contributed by atoms with Crippen molar-refractivity contribution in [2.75, 3.05) is 6.61 Å². The van der Waals surface area contributed by atoms with Gasteiger partial charge < -0.3 is 4.74 Å². The molecule has 0 spiro atoms. The molecule has 0 N–H and O–H groups in total. The summed E-state index contributed by atoms with van der Waals surface area (Å²) in [6.07, 6.45) is 1.70. The van der Waals surface area contributed by atoms with Crippen LogP contribution in [0.2, 0.25) is 0 Å². The minimum Gasteiger partial charge on any atom is -0.490 e. The number of halogens is 2. The third-order valence-electron chi connectivity index (χ3n) is 1.95. The van der Waals surface area contributed by atoms with Gasteiger partial charge in [0.1, 0.15) is 0 Å². The van der Waals surface area contributed by atoms with Gasteiger partial charge in [0.25, 0.3) is 5.69 Å². The van der Waals surface area contributed by atoms with Gasteiger partial charge in [-0.05, 0) is 28.4 Å². The normalized spacial score (nSPS) is 10.2. The Morgan fingerprint density at radius 1 is 1.56 bits per heavy atom. The van der Waals surface area contributed by atoms with Crippen LogP contribution in [0.15, 0.2) is 16.6 Å². The Labute approximate surface area is 101 Å². The van der Waals surface area contributed by atoms with E-state index in [1.165, 1.54) is 0 Å². The molecule has 88 valence electrons. The smallest absolute Gasteiger partial charge is 0.287 e. The highest BCUT2D eigenvalue weighted by Crippen LogP contribution is 2.31. The maximum absolute atomic E-state index is 13.3. The van der Waals surface area contributed by atoms with E-state index in [9.17, 15) is 14.5 Å². The highest BCUT2D eigenvalue weighted by atomic mass is 79.9. The van der Waals surface area contributed by atoms with Crippen LogP contribution in [-0.4, -0.2) is 11.5 Å². The van der Waals surface area contributed by atoms with Crippen molar-refractivity contribution in [2.45, 2.75) is 19.8 Å². The zero-order valence-electron chi connectivity index (χ0n) is 8.70. The van der Waals surface area contributed by atoms with Crippen LogP contribution in [0.5, 0.6) is 5.75 Å². The number of nitro groups is 1. The van der Waals surface area contributed by atoms with Gasteiger partial charge in [0.2, 0.25) is 0 Å². The summed E-state index contributed by atoms with van der Waals surface area (Å²) in [6.45, 7) is 2.33. The van der Waals surface area contributed by atoms with E-state index in [1.54, 1.807) is 0 Å². The van der Waals surface area contributed by atoms with Gasteiger partial charge in [-0.3, -0.25) is 10.1 Å². The SMILES string of the molecule is CCCCOc1cc([N+](=O)[O-])c(Br)cc1F. The quantitative estimate of drug-likeness (QED) is 0.472. The van der Waals surface area contributed by atoms with E-state index in [1.807, 2.05) is 6.92 Å². The number of benzene rings is 1. The lowest BCUT2D eigenvalue weighted by Gasteiger charge is -2.06. The zero-order valence-corrected chi connectivity index (χ0v) is 10.3. The van der Waals surface area contributed by atoms with Gasteiger partial charge in [-0.25, -0.2) is 4.39 Å². The van der Waals surface area contributed by atoms with Crippen LogP contribution in [0, 0.1) is 15.9 Å². The third kappa shape index (κ3) is 3.16. The van der Waals surface area contributed by atoms with Gasteiger partial charge in [-0.1, -0.05) is 13.3 Å². The molecule has 0 heterocycles. The van der Waals surface area contributed by atoms with Crippen molar-refractivity contribution in [1.29, 1.82) is 0 Å². The molecule has 0 aliphatic carbocycles. The molecule has 0 unspecified atom stereocenters. The summed E-state index contributed by atoms with van der Waals surface area (Å²) in [6, 6.07) is 2.13. The molecule has 1 rings (SSSR count). The molecule has 0 aliphatic rings. The zero-order chi connectivity index (χ0) is 12.1. The van der Waals surface area contributed by atoms with Gasteiger partial charge in [-0.15, -0.1) is 0 Å². The van der Waals surface area contributed by atoms with Gasteiger partial charge >= 0.3 is 0 Å². The van der Waals surface area contributed by atoms with E-state index in [0.29, 0.717) is 6.61 Å². The Bertz CT molecular complexity index is 398. The molecule has 0 fully saturated rings. The Balaban J connectivity index is 2.91. The van der Waals surface area contributed by atoms with Gasteiger partial charge in [0, 0.05) is 0 Å². The van der Waals surface area contributed by atoms with Crippen molar-refractivity contribution < 1.29 is 14.1 Å². The largest absolute Gasteiger partial charge is 0.490 e. The van der Waals surface area contributed by atoms with E-state index in [0.717, 1.165) is 25.0 Å². The molecule has 0 aromatic heterocycles. The molecule has 4 nitrogen and oxygen atoms in total. The molecule has 0 bridgehead atoms. The van der Waals surface area contributed by atoms with E-state index in [2.05, 4.69) is 15.9 Å². The van der Waals surface area contributed by atoms with E-state index in [4.69, 9.17) is 4.74 Å². The lowest BCUT2D eigenvalue weighted by Crippen LogP contribution is -2.00. The summed E-state index contributed by atoms with van der Waals surface area (Å²) >= 11 is 2.93. The molecule has 0 saturated carbocycles. The van der Waals surface area contributed by atoms with Crippen molar-refractivity contribution in [3.05, 3.63) is 32.5 Å². The summed E-state index contributed by atoms with van der Waals surface area (Å²) in [4.78, 5) is 10.0. The van der Waals surface area contributed by atoms with Crippen LogP contribution in [0.1, 0.15) is 19.8 Å². The first-order valence-corrected chi connectivity index (χ1v) is 5.61. The number of hydrogen-bond acceptors (Lipinski definition) is 3. The van der Waals surface area contributed by atoms with Crippen molar-refractivity contribution >= 4 is 21.6 Å². The predicted molar refractivity (Wildman–Crippen MR) is 61.2 cm³/mol. The number of ether oxygens (including phenoxy) is 1. The second kappa shape index (κ2) is 5.79. The fraction of sp³-hybridized carbons (Fsp3) is 0.400. The predicted octanol–water partition coefficient (Wildman–Crippen LogP) is 3.68. The first kappa shape index (κ1) is 12.9. The van der Waals surface area contributed by atoms with Crippen molar-refractivity contribution in [3.8, 4) is 5.75 Å². The van der Waals surface area contributed by atoms with Crippen molar-refractivity contribution in [1.82, 2.24) is 0 Å². The monoisotopic (exact) mass is 291 g/mol. The van der Waals surface area contributed by atoms with Crippen LogP contribution in [-0.2, 0) is 0 Å². The maximum atomic E-state index is 13.3. The van der Waals surface area contributed by atoms with Crippen LogP contribution in [0.4, 0.5) is 10.1 Å². The molecule has 0 radical (unpaired) electrons. The standard InChI is InChI=1S/C10H11BrFNO3/c1-2-3-4-16-10-6-9(13(14)15)7(11)5-8(10)12/h5-6H,2-4H2,1H3. The molecule has 0 aliphatic heterocycles. The lowest BCUT2D eigenvalue weighted by molar-refractivity contribution is -0.385. The summed E-state index contributed by atoms with van der Waals surface area (Å²) in [7, 11) is 0. The molecule has 1 aromatic rings. The summed E-state index contributed by atoms with van der Waals surface area (Å²) in [5.74, 6) is -0.683. The summed E-state index contributed by atoms with van der Waals surface area (Å²) in [5.41, 5.74) is -0.201. The van der Waals surface area contributed by atoms with Gasteiger partial charge in [0.05, 0.1) is 22.1 Å². The fourth-order valence-corrected chi connectivity index (χ4v) is 1.56. The average Bonchev–Trinajstić information content (AvgIpc) is 2.21. The van der Waals surface area contributed by atoms with Crippen molar-refractivity contribution in [2.24, 2.45) is 0 Å². The fourth-order valence-electron chi connectivity index (χ4n) is 1.10. The minimum absolute atomic E-state index is 0.0802. The van der Waals surface area contributed by atoms with E-state index >= 15 is 0 Å². The second-order valence-corrected chi connectivity index (χ2v) is 4.05. The number of hydrogen-bond donors (Lipinski definition) is 0. The average molecular weight is 292 g/mol. The van der Waals surface area contributed by atoms with E-state index in [-0.39, 0.29) is 15.9 Å². The first-order chi connectivity index (χ1) is 7.56.